The minimum atomic E-state index is 0. The second-order valence-electron chi connectivity index (χ2n) is 5.94. The molecule has 1 aromatic carbocycles. The van der Waals surface area contributed by atoms with Gasteiger partial charge in [0.25, 0.3) is 0 Å². The standard InChI is InChI=1S/C17H25BrN2O.ClH/c1-3-14(10-13-6-4-7-15(18)11-13)17(21)20-16-8-5-9-19-12(16)2;/h4,6-7,11-12,14,16,19H,3,5,8-10H2,1-2H3,(H,20,21);1H. The predicted octanol–water partition coefficient (Wildman–Crippen LogP) is 3.70. The smallest absolute Gasteiger partial charge is 0.223 e. The molecular weight excluding hydrogens is 364 g/mol. The molecule has 22 heavy (non-hydrogen) atoms. The van der Waals surface area contributed by atoms with Gasteiger partial charge in [-0.3, -0.25) is 4.79 Å². The van der Waals surface area contributed by atoms with Crippen molar-refractivity contribution in [3.05, 3.63) is 34.3 Å². The van der Waals surface area contributed by atoms with Crippen molar-refractivity contribution in [2.45, 2.75) is 51.6 Å². The highest BCUT2D eigenvalue weighted by Gasteiger charge is 2.25. The number of benzene rings is 1. The molecule has 5 heteroatoms. The molecule has 1 aromatic rings. The van der Waals surface area contributed by atoms with Crippen molar-refractivity contribution in [1.29, 1.82) is 0 Å². The number of halogens is 2. The highest BCUT2D eigenvalue weighted by molar-refractivity contribution is 9.10. The van der Waals surface area contributed by atoms with E-state index in [1.807, 2.05) is 12.1 Å². The van der Waals surface area contributed by atoms with Gasteiger partial charge in [0, 0.05) is 22.5 Å². The Morgan fingerprint density at radius 2 is 2.27 bits per heavy atom. The summed E-state index contributed by atoms with van der Waals surface area (Å²) in [5.74, 6) is 0.242. The van der Waals surface area contributed by atoms with Crippen molar-refractivity contribution in [3.8, 4) is 0 Å². The lowest BCUT2D eigenvalue weighted by Gasteiger charge is -2.31. The zero-order chi connectivity index (χ0) is 15.2. The molecule has 3 unspecified atom stereocenters. The molecule has 1 aliphatic rings. The fraction of sp³-hybridized carbons (Fsp3) is 0.588. The Bertz CT molecular complexity index is 483. The average Bonchev–Trinajstić information content (AvgIpc) is 2.47. The Hall–Kier alpha value is -0.580. The summed E-state index contributed by atoms with van der Waals surface area (Å²) in [6, 6.07) is 8.86. The molecular formula is C17H26BrClN2O. The lowest BCUT2D eigenvalue weighted by atomic mass is 9.94. The number of hydrogen-bond acceptors (Lipinski definition) is 2. The molecule has 1 aliphatic heterocycles. The molecule has 0 aliphatic carbocycles. The topological polar surface area (TPSA) is 41.1 Å². The average molecular weight is 390 g/mol. The summed E-state index contributed by atoms with van der Waals surface area (Å²) in [5.41, 5.74) is 1.21. The van der Waals surface area contributed by atoms with Crippen LogP contribution in [0.15, 0.2) is 28.7 Å². The van der Waals surface area contributed by atoms with Crippen LogP contribution in [0.3, 0.4) is 0 Å². The Balaban J connectivity index is 0.00000242. The molecule has 0 radical (unpaired) electrons. The first-order valence-electron chi connectivity index (χ1n) is 7.88. The van der Waals surface area contributed by atoms with Crippen LogP contribution in [-0.4, -0.2) is 24.5 Å². The quantitative estimate of drug-likeness (QED) is 0.806. The van der Waals surface area contributed by atoms with E-state index in [1.54, 1.807) is 0 Å². The van der Waals surface area contributed by atoms with Gasteiger partial charge in [-0.1, -0.05) is 35.0 Å². The van der Waals surface area contributed by atoms with Crippen LogP contribution in [0.2, 0.25) is 0 Å². The van der Waals surface area contributed by atoms with Crippen LogP contribution in [0, 0.1) is 5.92 Å². The summed E-state index contributed by atoms with van der Waals surface area (Å²) >= 11 is 3.49. The normalized spacial score (nSPS) is 22.5. The summed E-state index contributed by atoms with van der Waals surface area (Å²) in [5, 5.41) is 6.67. The lowest BCUT2D eigenvalue weighted by molar-refractivity contribution is -0.126. The van der Waals surface area contributed by atoms with Gasteiger partial charge < -0.3 is 10.6 Å². The second-order valence-corrected chi connectivity index (χ2v) is 6.86. The molecule has 3 atom stereocenters. The van der Waals surface area contributed by atoms with Crippen LogP contribution < -0.4 is 10.6 Å². The van der Waals surface area contributed by atoms with Crippen LogP contribution in [-0.2, 0) is 11.2 Å². The Morgan fingerprint density at radius 3 is 2.91 bits per heavy atom. The van der Waals surface area contributed by atoms with Crippen LogP contribution in [0.25, 0.3) is 0 Å². The fourth-order valence-electron chi connectivity index (χ4n) is 2.91. The molecule has 1 heterocycles. The SMILES string of the molecule is CCC(Cc1cccc(Br)c1)C(=O)NC1CCCNC1C.Cl. The van der Waals surface area contributed by atoms with E-state index in [2.05, 4.69) is 52.5 Å². The van der Waals surface area contributed by atoms with Gasteiger partial charge >= 0.3 is 0 Å². The number of carbonyl (C=O) groups is 1. The van der Waals surface area contributed by atoms with E-state index >= 15 is 0 Å². The van der Waals surface area contributed by atoms with Gasteiger partial charge in [-0.05, 0) is 56.8 Å². The number of nitrogens with one attached hydrogen (secondary N) is 2. The molecule has 2 N–H and O–H groups in total. The predicted molar refractivity (Wildman–Crippen MR) is 97.5 cm³/mol. The van der Waals surface area contributed by atoms with E-state index in [-0.39, 0.29) is 30.3 Å². The number of hydrogen-bond donors (Lipinski definition) is 2. The summed E-state index contributed by atoms with van der Waals surface area (Å²) in [6.45, 7) is 5.30. The molecule has 2 rings (SSSR count). The van der Waals surface area contributed by atoms with Gasteiger partial charge in [-0.25, -0.2) is 0 Å². The highest BCUT2D eigenvalue weighted by Crippen LogP contribution is 2.18. The molecule has 1 amide bonds. The maximum absolute atomic E-state index is 12.5. The van der Waals surface area contributed by atoms with E-state index in [1.165, 1.54) is 5.56 Å². The molecule has 0 spiro atoms. The minimum Gasteiger partial charge on any atom is -0.352 e. The Morgan fingerprint density at radius 1 is 1.50 bits per heavy atom. The highest BCUT2D eigenvalue weighted by atomic mass is 79.9. The van der Waals surface area contributed by atoms with E-state index < -0.39 is 0 Å². The van der Waals surface area contributed by atoms with E-state index in [0.29, 0.717) is 6.04 Å². The van der Waals surface area contributed by atoms with Gasteiger partial charge in [0.15, 0.2) is 0 Å². The summed E-state index contributed by atoms with van der Waals surface area (Å²) in [4.78, 5) is 12.5. The first-order chi connectivity index (χ1) is 10.1. The molecule has 3 nitrogen and oxygen atoms in total. The number of amides is 1. The van der Waals surface area contributed by atoms with E-state index in [4.69, 9.17) is 0 Å². The maximum Gasteiger partial charge on any atom is 0.223 e. The third kappa shape index (κ3) is 5.56. The summed E-state index contributed by atoms with van der Waals surface area (Å²) in [6.07, 6.45) is 3.88. The van der Waals surface area contributed by atoms with Crippen LogP contribution in [0.5, 0.6) is 0 Å². The van der Waals surface area contributed by atoms with Gasteiger partial charge in [0.05, 0.1) is 0 Å². The van der Waals surface area contributed by atoms with Gasteiger partial charge in [-0.2, -0.15) is 0 Å². The zero-order valence-corrected chi connectivity index (χ0v) is 15.7. The second kappa shape index (κ2) is 9.53. The van der Waals surface area contributed by atoms with Gasteiger partial charge in [0.2, 0.25) is 5.91 Å². The van der Waals surface area contributed by atoms with Crippen molar-refractivity contribution < 1.29 is 4.79 Å². The summed E-state index contributed by atoms with van der Waals surface area (Å²) in [7, 11) is 0. The number of rotatable bonds is 5. The monoisotopic (exact) mass is 388 g/mol. The van der Waals surface area contributed by atoms with Crippen molar-refractivity contribution in [2.75, 3.05) is 6.54 Å². The Labute approximate surface area is 148 Å². The fourth-order valence-corrected chi connectivity index (χ4v) is 3.36. The molecule has 1 saturated heterocycles. The van der Waals surface area contributed by atoms with Crippen molar-refractivity contribution in [3.63, 3.8) is 0 Å². The van der Waals surface area contributed by atoms with Crippen molar-refractivity contribution in [2.24, 2.45) is 5.92 Å². The molecule has 0 aromatic heterocycles. The number of piperidine rings is 1. The maximum atomic E-state index is 12.5. The van der Waals surface area contributed by atoms with Crippen molar-refractivity contribution >= 4 is 34.2 Å². The van der Waals surface area contributed by atoms with Gasteiger partial charge in [0.1, 0.15) is 0 Å². The summed E-state index contributed by atoms with van der Waals surface area (Å²) < 4.78 is 1.07. The van der Waals surface area contributed by atoms with Crippen LogP contribution in [0.1, 0.15) is 38.7 Å². The van der Waals surface area contributed by atoms with Crippen LogP contribution in [0.4, 0.5) is 0 Å². The minimum absolute atomic E-state index is 0. The molecule has 0 bridgehead atoms. The largest absolute Gasteiger partial charge is 0.352 e. The number of carbonyl (C=O) groups excluding carboxylic acids is 1. The lowest BCUT2D eigenvalue weighted by Crippen LogP contribution is -2.53. The third-order valence-electron chi connectivity index (χ3n) is 4.32. The third-order valence-corrected chi connectivity index (χ3v) is 4.82. The Kier molecular flexibility index (Phi) is 8.44. The first-order valence-corrected chi connectivity index (χ1v) is 8.67. The molecule has 124 valence electrons. The molecule has 0 saturated carbocycles. The van der Waals surface area contributed by atoms with Gasteiger partial charge in [-0.15, -0.1) is 12.4 Å². The first kappa shape index (κ1) is 19.5. The van der Waals surface area contributed by atoms with Crippen LogP contribution >= 0.6 is 28.3 Å². The van der Waals surface area contributed by atoms with Crippen molar-refractivity contribution in [1.82, 2.24) is 10.6 Å². The zero-order valence-electron chi connectivity index (χ0n) is 13.3. The van der Waals surface area contributed by atoms with E-state index in [9.17, 15) is 4.79 Å². The molecule has 1 fully saturated rings. The van der Waals surface area contributed by atoms with E-state index in [0.717, 1.165) is 36.7 Å².